The van der Waals surface area contributed by atoms with Crippen LogP contribution in [0.15, 0.2) is 59.6 Å². The average molecular weight is 364 g/mol. The highest BCUT2D eigenvalue weighted by atomic mass is 32.1. The van der Waals surface area contributed by atoms with Crippen LogP contribution in [-0.2, 0) is 6.54 Å². The summed E-state index contributed by atoms with van der Waals surface area (Å²) >= 11 is 1.69. The van der Waals surface area contributed by atoms with Gasteiger partial charge in [0.2, 0.25) is 4.80 Å². The van der Waals surface area contributed by atoms with E-state index in [1.807, 2.05) is 0 Å². The van der Waals surface area contributed by atoms with Gasteiger partial charge in [-0.1, -0.05) is 79.4 Å². The second-order valence-corrected chi connectivity index (χ2v) is 8.11. The van der Waals surface area contributed by atoms with Gasteiger partial charge in [-0.25, -0.2) is 0 Å². The maximum atomic E-state index is 4.97. The van der Waals surface area contributed by atoms with E-state index < -0.39 is 0 Å². The fourth-order valence-electron chi connectivity index (χ4n) is 3.49. The Balaban J connectivity index is 1.72. The second kappa shape index (κ2) is 8.00. The minimum atomic E-state index is 0.450. The highest BCUT2D eigenvalue weighted by molar-refractivity contribution is 7.03. The van der Waals surface area contributed by atoms with E-state index in [2.05, 4.69) is 65.5 Å². The lowest BCUT2D eigenvalue weighted by molar-refractivity contribution is 0.437. The van der Waals surface area contributed by atoms with Crippen LogP contribution in [0.4, 0.5) is 0 Å². The molecule has 0 unspecified atom stereocenters. The van der Waals surface area contributed by atoms with E-state index >= 15 is 0 Å². The summed E-state index contributed by atoms with van der Waals surface area (Å²) in [6, 6.07) is 19.7. The molecule has 1 aliphatic carbocycles. The topological polar surface area (TPSA) is 30.2 Å². The maximum absolute atomic E-state index is 4.97. The molecule has 3 nitrogen and oxygen atoms in total. The summed E-state index contributed by atoms with van der Waals surface area (Å²) in [5.41, 5.74) is 3.72. The van der Waals surface area contributed by atoms with Gasteiger partial charge in [-0.05, 0) is 36.9 Å². The molecule has 0 saturated heterocycles. The Hall–Kier alpha value is -2.20. The monoisotopic (exact) mass is 363 g/mol. The number of nitrogens with zero attached hydrogens (tertiary/aromatic N) is 3. The van der Waals surface area contributed by atoms with Crippen molar-refractivity contribution in [1.29, 1.82) is 0 Å². The van der Waals surface area contributed by atoms with Crippen LogP contribution in [0, 0.1) is 6.92 Å². The van der Waals surface area contributed by atoms with Gasteiger partial charge < -0.3 is 0 Å². The van der Waals surface area contributed by atoms with Crippen molar-refractivity contribution in [3.63, 3.8) is 0 Å². The SMILES string of the molecule is Cc1ccc(-c2nc(=NC3CCCCC3)sn2Cc2ccccc2)cc1. The van der Waals surface area contributed by atoms with E-state index in [4.69, 9.17) is 9.98 Å². The molecule has 1 heterocycles. The van der Waals surface area contributed by atoms with Gasteiger partial charge in [0.15, 0.2) is 5.82 Å². The van der Waals surface area contributed by atoms with Crippen molar-refractivity contribution in [3.05, 3.63) is 70.5 Å². The number of benzene rings is 2. The molecule has 3 aromatic rings. The molecule has 0 radical (unpaired) electrons. The summed E-state index contributed by atoms with van der Waals surface area (Å²) in [5.74, 6) is 1.02. The first-order valence-electron chi connectivity index (χ1n) is 9.51. The summed E-state index contributed by atoms with van der Waals surface area (Å²) < 4.78 is 2.28. The van der Waals surface area contributed by atoms with Crippen molar-refractivity contribution in [2.75, 3.05) is 0 Å². The van der Waals surface area contributed by atoms with E-state index in [9.17, 15) is 0 Å². The molecule has 0 N–H and O–H groups in total. The molecule has 4 rings (SSSR count). The maximum Gasteiger partial charge on any atom is 0.223 e. The van der Waals surface area contributed by atoms with Gasteiger partial charge in [-0.3, -0.25) is 8.95 Å². The first-order chi connectivity index (χ1) is 12.8. The van der Waals surface area contributed by atoms with Crippen molar-refractivity contribution in [2.24, 2.45) is 4.99 Å². The molecule has 0 spiro atoms. The third kappa shape index (κ3) is 4.13. The lowest BCUT2D eigenvalue weighted by Gasteiger charge is -2.16. The Morgan fingerprint density at radius 3 is 2.46 bits per heavy atom. The zero-order valence-electron chi connectivity index (χ0n) is 15.3. The van der Waals surface area contributed by atoms with Crippen LogP contribution in [0.25, 0.3) is 11.4 Å². The molecule has 0 amide bonds. The van der Waals surface area contributed by atoms with Crippen LogP contribution in [0.3, 0.4) is 0 Å². The predicted molar refractivity (Wildman–Crippen MR) is 108 cm³/mol. The predicted octanol–water partition coefficient (Wildman–Crippen LogP) is 5.20. The summed E-state index contributed by atoms with van der Waals surface area (Å²) in [6.07, 6.45) is 6.37. The van der Waals surface area contributed by atoms with Crippen LogP contribution >= 0.6 is 11.5 Å². The molecule has 1 saturated carbocycles. The van der Waals surface area contributed by atoms with Crippen LogP contribution < -0.4 is 4.80 Å². The molecule has 26 heavy (non-hydrogen) atoms. The van der Waals surface area contributed by atoms with Gasteiger partial charge in [0.25, 0.3) is 0 Å². The van der Waals surface area contributed by atoms with Gasteiger partial charge in [0.1, 0.15) is 0 Å². The van der Waals surface area contributed by atoms with Crippen molar-refractivity contribution in [3.8, 4) is 11.4 Å². The Morgan fingerprint density at radius 2 is 1.73 bits per heavy atom. The van der Waals surface area contributed by atoms with E-state index in [1.165, 1.54) is 43.2 Å². The fourth-order valence-corrected chi connectivity index (χ4v) is 4.46. The van der Waals surface area contributed by atoms with Gasteiger partial charge in [-0.2, -0.15) is 4.98 Å². The number of aromatic nitrogens is 2. The average Bonchev–Trinajstić information content (AvgIpc) is 3.06. The first-order valence-corrected chi connectivity index (χ1v) is 10.3. The van der Waals surface area contributed by atoms with Crippen LogP contribution in [0.5, 0.6) is 0 Å². The minimum Gasteiger partial charge on any atom is -0.274 e. The third-order valence-electron chi connectivity index (χ3n) is 4.98. The molecule has 2 aromatic carbocycles. The Labute approximate surface area is 159 Å². The van der Waals surface area contributed by atoms with Gasteiger partial charge in [0, 0.05) is 5.56 Å². The molecule has 4 heteroatoms. The quantitative estimate of drug-likeness (QED) is 0.626. The first kappa shape index (κ1) is 17.2. The zero-order chi connectivity index (χ0) is 17.8. The lowest BCUT2D eigenvalue weighted by Crippen LogP contribution is -2.14. The smallest absolute Gasteiger partial charge is 0.223 e. The highest BCUT2D eigenvalue weighted by Gasteiger charge is 2.14. The Kier molecular flexibility index (Phi) is 5.30. The zero-order valence-corrected chi connectivity index (χ0v) is 16.1. The lowest BCUT2D eigenvalue weighted by atomic mass is 9.96. The molecule has 0 atom stereocenters. The van der Waals surface area contributed by atoms with E-state index in [0.29, 0.717) is 6.04 Å². The second-order valence-electron chi connectivity index (χ2n) is 7.12. The molecular formula is C22H25N3S. The summed E-state index contributed by atoms with van der Waals surface area (Å²) in [7, 11) is 0. The number of hydrogen-bond donors (Lipinski definition) is 0. The van der Waals surface area contributed by atoms with Crippen LogP contribution in [0.2, 0.25) is 0 Å². The Morgan fingerprint density at radius 1 is 1.00 bits per heavy atom. The van der Waals surface area contributed by atoms with Crippen molar-refractivity contribution in [2.45, 2.75) is 51.6 Å². The standard InChI is InChI=1S/C22H25N3S/c1-17-12-14-19(15-13-17)21-24-22(23-20-10-6-3-7-11-20)26-25(21)16-18-8-4-2-5-9-18/h2,4-5,8-9,12-15,20H,3,6-7,10-11,16H2,1H3. The molecular weight excluding hydrogens is 338 g/mol. The summed E-state index contributed by atoms with van der Waals surface area (Å²) in [5, 5.41) is 0. The largest absolute Gasteiger partial charge is 0.274 e. The van der Waals surface area contributed by atoms with E-state index in [0.717, 1.165) is 22.7 Å². The third-order valence-corrected chi connectivity index (χ3v) is 5.86. The minimum absolute atomic E-state index is 0.450. The number of aryl methyl sites for hydroxylation is 1. The van der Waals surface area contributed by atoms with Crippen molar-refractivity contribution < 1.29 is 0 Å². The van der Waals surface area contributed by atoms with Crippen molar-refractivity contribution >= 4 is 11.5 Å². The summed E-state index contributed by atoms with van der Waals surface area (Å²) in [4.78, 5) is 10.8. The van der Waals surface area contributed by atoms with Crippen molar-refractivity contribution in [1.82, 2.24) is 8.94 Å². The molecule has 134 valence electrons. The van der Waals surface area contributed by atoms with Gasteiger partial charge in [-0.15, -0.1) is 0 Å². The van der Waals surface area contributed by atoms with Gasteiger partial charge in [0.05, 0.1) is 12.6 Å². The number of hydrogen-bond acceptors (Lipinski definition) is 3. The molecule has 0 aliphatic heterocycles. The van der Waals surface area contributed by atoms with Crippen LogP contribution in [0.1, 0.15) is 43.2 Å². The van der Waals surface area contributed by atoms with E-state index in [-0.39, 0.29) is 0 Å². The molecule has 0 bridgehead atoms. The Bertz CT molecular complexity index is 901. The van der Waals surface area contributed by atoms with Crippen LogP contribution in [-0.4, -0.2) is 15.0 Å². The molecule has 1 aromatic heterocycles. The van der Waals surface area contributed by atoms with E-state index in [1.54, 1.807) is 11.5 Å². The summed E-state index contributed by atoms with van der Waals surface area (Å²) in [6.45, 7) is 2.95. The number of rotatable bonds is 4. The fraction of sp³-hybridized carbons (Fsp3) is 0.364. The molecule has 1 aliphatic rings. The molecule has 1 fully saturated rings. The van der Waals surface area contributed by atoms with Gasteiger partial charge >= 0.3 is 0 Å². The normalized spacial score (nSPS) is 16.1. The highest BCUT2D eigenvalue weighted by Crippen LogP contribution is 2.22.